The van der Waals surface area contributed by atoms with Crippen molar-refractivity contribution < 1.29 is 4.79 Å². The summed E-state index contributed by atoms with van der Waals surface area (Å²) in [6.45, 7) is 0.351. The molecule has 8 nitrogen and oxygen atoms in total. The fourth-order valence-electron chi connectivity index (χ4n) is 3.05. The van der Waals surface area contributed by atoms with Crippen LogP contribution in [0.2, 0.25) is 0 Å². The van der Waals surface area contributed by atoms with Gasteiger partial charge in [-0.1, -0.05) is 17.3 Å². The molecule has 3 heterocycles. The van der Waals surface area contributed by atoms with E-state index < -0.39 is 0 Å². The summed E-state index contributed by atoms with van der Waals surface area (Å²) in [4.78, 5) is 24.6. The zero-order chi connectivity index (χ0) is 18.1. The third-order valence-corrected chi connectivity index (χ3v) is 5.34. The highest BCUT2D eigenvalue weighted by atomic mass is 32.2. The molecular formula is C17H18N6O2S. The van der Waals surface area contributed by atoms with Gasteiger partial charge >= 0.3 is 0 Å². The van der Waals surface area contributed by atoms with Gasteiger partial charge in [-0.05, 0) is 18.6 Å². The zero-order valence-electron chi connectivity index (χ0n) is 14.3. The highest BCUT2D eigenvalue weighted by Gasteiger charge is 2.22. The van der Waals surface area contributed by atoms with Gasteiger partial charge in [0, 0.05) is 37.1 Å². The van der Waals surface area contributed by atoms with Gasteiger partial charge in [-0.2, -0.15) is 16.9 Å². The molecule has 0 saturated heterocycles. The van der Waals surface area contributed by atoms with Crippen LogP contribution in [0.5, 0.6) is 0 Å². The Morgan fingerprint density at radius 1 is 1.31 bits per heavy atom. The monoisotopic (exact) mass is 370 g/mol. The van der Waals surface area contributed by atoms with Crippen molar-refractivity contribution in [1.82, 2.24) is 24.8 Å². The molecule has 0 atom stereocenters. The first-order chi connectivity index (χ1) is 12.6. The van der Waals surface area contributed by atoms with Gasteiger partial charge in [-0.15, -0.1) is 5.10 Å². The van der Waals surface area contributed by atoms with Crippen molar-refractivity contribution >= 4 is 34.4 Å². The Balaban J connectivity index is 1.39. The molecule has 0 bridgehead atoms. The molecule has 0 aliphatic carbocycles. The summed E-state index contributed by atoms with van der Waals surface area (Å²) >= 11 is 1.80. The van der Waals surface area contributed by atoms with Crippen LogP contribution in [0.25, 0.3) is 10.9 Å². The summed E-state index contributed by atoms with van der Waals surface area (Å²) in [7, 11) is 1.84. The Morgan fingerprint density at radius 2 is 2.15 bits per heavy atom. The molecule has 1 amide bonds. The van der Waals surface area contributed by atoms with E-state index in [1.807, 2.05) is 13.1 Å². The quantitative estimate of drug-likeness (QED) is 0.734. The van der Waals surface area contributed by atoms with Gasteiger partial charge in [0.15, 0.2) is 0 Å². The van der Waals surface area contributed by atoms with Crippen molar-refractivity contribution in [2.45, 2.75) is 30.9 Å². The number of carbonyl (C=O) groups is 1. The van der Waals surface area contributed by atoms with E-state index in [0.717, 1.165) is 28.6 Å². The Hall–Kier alpha value is -2.68. The molecule has 1 aromatic carbocycles. The number of fused-ring (bicyclic) bond motifs is 2. The molecule has 0 unspecified atom stereocenters. The average molecular weight is 370 g/mol. The second kappa shape index (κ2) is 6.91. The van der Waals surface area contributed by atoms with Crippen LogP contribution in [-0.2, 0) is 29.9 Å². The molecule has 4 rings (SSSR count). The number of anilines is 1. The Bertz CT molecular complexity index is 1040. The molecule has 9 heteroatoms. The number of hydrogen-bond acceptors (Lipinski definition) is 6. The van der Waals surface area contributed by atoms with Crippen LogP contribution in [-0.4, -0.2) is 30.7 Å². The molecule has 134 valence electrons. The van der Waals surface area contributed by atoms with Gasteiger partial charge in [0.25, 0.3) is 5.56 Å². The molecule has 1 aliphatic rings. The van der Waals surface area contributed by atoms with Gasteiger partial charge in [0.1, 0.15) is 11.3 Å². The summed E-state index contributed by atoms with van der Waals surface area (Å²) < 4.78 is 3.04. The Labute approximate surface area is 153 Å². The highest BCUT2D eigenvalue weighted by Crippen LogP contribution is 2.34. The van der Waals surface area contributed by atoms with E-state index in [1.54, 1.807) is 34.6 Å². The summed E-state index contributed by atoms with van der Waals surface area (Å²) in [5, 5.41) is 15.9. The minimum absolute atomic E-state index is 0.0884. The van der Waals surface area contributed by atoms with Gasteiger partial charge in [0.2, 0.25) is 5.91 Å². The zero-order valence-corrected chi connectivity index (χ0v) is 15.1. The topological polar surface area (TPSA) is 94.7 Å². The molecule has 0 spiro atoms. The molecule has 2 aromatic heterocycles. The predicted molar refractivity (Wildman–Crippen MR) is 99.9 cm³/mol. The molecule has 0 fully saturated rings. The molecule has 0 saturated carbocycles. The number of benzene rings is 1. The lowest BCUT2D eigenvalue weighted by Crippen LogP contribution is -2.25. The lowest BCUT2D eigenvalue weighted by Gasteiger charge is -2.08. The van der Waals surface area contributed by atoms with Crippen molar-refractivity contribution in [2.75, 3.05) is 5.32 Å². The van der Waals surface area contributed by atoms with E-state index in [4.69, 9.17) is 0 Å². The Kier molecular flexibility index (Phi) is 4.46. The standard InChI is InChI=1S/C17H18N6O2S/c1-22-16(12-9-26-10-14(12)20-22)18-15(24)7-4-8-23-17(25)11-5-2-3-6-13(11)19-21-23/h2-3,5-6H,4,7-10H2,1H3,(H,18,24). The number of amides is 1. The lowest BCUT2D eigenvalue weighted by molar-refractivity contribution is -0.116. The normalized spacial score (nSPS) is 13.1. The highest BCUT2D eigenvalue weighted by molar-refractivity contribution is 7.98. The van der Waals surface area contributed by atoms with Crippen molar-refractivity contribution in [3.63, 3.8) is 0 Å². The minimum atomic E-state index is -0.183. The van der Waals surface area contributed by atoms with E-state index in [-0.39, 0.29) is 11.5 Å². The van der Waals surface area contributed by atoms with Crippen molar-refractivity contribution in [2.24, 2.45) is 7.05 Å². The molecular weight excluding hydrogens is 352 g/mol. The number of hydrogen-bond donors (Lipinski definition) is 1. The molecule has 1 N–H and O–H groups in total. The smallest absolute Gasteiger partial charge is 0.277 e. The maximum atomic E-state index is 12.4. The number of carbonyl (C=O) groups excluding carboxylic acids is 1. The predicted octanol–water partition coefficient (Wildman–Crippen LogP) is 1.69. The first kappa shape index (κ1) is 16.8. The number of thioether (sulfide) groups is 1. The summed E-state index contributed by atoms with van der Waals surface area (Å²) in [5.74, 6) is 2.45. The van der Waals surface area contributed by atoms with Crippen LogP contribution in [0.15, 0.2) is 29.1 Å². The van der Waals surface area contributed by atoms with E-state index in [0.29, 0.717) is 30.3 Å². The molecule has 1 aliphatic heterocycles. The molecule has 0 radical (unpaired) electrons. The van der Waals surface area contributed by atoms with Crippen molar-refractivity contribution in [1.29, 1.82) is 0 Å². The van der Waals surface area contributed by atoms with Crippen molar-refractivity contribution in [3.05, 3.63) is 45.9 Å². The van der Waals surface area contributed by atoms with E-state index in [9.17, 15) is 9.59 Å². The molecule has 3 aromatic rings. The average Bonchev–Trinajstić information content (AvgIpc) is 3.20. The van der Waals surface area contributed by atoms with Gasteiger partial charge in [-0.25, -0.2) is 4.68 Å². The van der Waals surface area contributed by atoms with Gasteiger partial charge in [-0.3, -0.25) is 14.3 Å². The largest absolute Gasteiger partial charge is 0.311 e. The van der Waals surface area contributed by atoms with Crippen LogP contribution < -0.4 is 10.9 Å². The third kappa shape index (κ3) is 3.10. The number of nitrogens with one attached hydrogen (secondary N) is 1. The fourth-order valence-corrected chi connectivity index (χ4v) is 4.09. The first-order valence-corrected chi connectivity index (χ1v) is 9.54. The number of rotatable bonds is 5. The summed E-state index contributed by atoms with van der Waals surface area (Å²) in [6.07, 6.45) is 0.807. The van der Waals surface area contributed by atoms with E-state index >= 15 is 0 Å². The maximum Gasteiger partial charge on any atom is 0.277 e. The number of aryl methyl sites for hydroxylation is 2. The summed E-state index contributed by atoms with van der Waals surface area (Å²) in [6, 6.07) is 7.11. The minimum Gasteiger partial charge on any atom is -0.311 e. The first-order valence-electron chi connectivity index (χ1n) is 8.38. The Morgan fingerprint density at radius 3 is 3.04 bits per heavy atom. The second-order valence-electron chi connectivity index (χ2n) is 6.18. The van der Waals surface area contributed by atoms with Gasteiger partial charge < -0.3 is 5.32 Å². The van der Waals surface area contributed by atoms with E-state index in [1.165, 1.54) is 4.68 Å². The van der Waals surface area contributed by atoms with Crippen LogP contribution in [0.1, 0.15) is 24.1 Å². The van der Waals surface area contributed by atoms with E-state index in [2.05, 4.69) is 20.7 Å². The van der Waals surface area contributed by atoms with Crippen LogP contribution in [0.4, 0.5) is 5.82 Å². The summed E-state index contributed by atoms with van der Waals surface area (Å²) in [5.41, 5.74) is 2.56. The number of aromatic nitrogens is 5. The second-order valence-corrected chi connectivity index (χ2v) is 7.16. The maximum absolute atomic E-state index is 12.4. The van der Waals surface area contributed by atoms with Crippen LogP contribution in [0, 0.1) is 0 Å². The van der Waals surface area contributed by atoms with Crippen LogP contribution >= 0.6 is 11.8 Å². The number of nitrogens with zero attached hydrogens (tertiary/aromatic N) is 5. The third-order valence-electron chi connectivity index (χ3n) is 4.37. The SMILES string of the molecule is Cn1nc2c(c1NC(=O)CCCn1nnc3ccccc3c1=O)CSC2. The van der Waals surface area contributed by atoms with Crippen LogP contribution in [0.3, 0.4) is 0 Å². The molecule has 26 heavy (non-hydrogen) atoms. The lowest BCUT2D eigenvalue weighted by atomic mass is 10.2. The van der Waals surface area contributed by atoms with Crippen molar-refractivity contribution in [3.8, 4) is 0 Å². The fraction of sp³-hybridized carbons (Fsp3) is 0.353. The van der Waals surface area contributed by atoms with Gasteiger partial charge in [0.05, 0.1) is 11.1 Å².